The van der Waals surface area contributed by atoms with E-state index in [1.807, 2.05) is 12.1 Å². The van der Waals surface area contributed by atoms with Crippen molar-refractivity contribution >= 4 is 48.9 Å². The number of fused-ring (bicyclic) bond motifs is 1. The molecule has 0 fully saturated rings. The number of benzene rings is 2. The predicted molar refractivity (Wildman–Crippen MR) is 141 cm³/mol. The van der Waals surface area contributed by atoms with E-state index in [0.717, 1.165) is 19.4 Å². The maximum absolute atomic E-state index is 13.0. The zero-order valence-electron chi connectivity index (χ0n) is 19.8. The second-order valence-corrected chi connectivity index (χ2v) is 10.2. The number of aryl methyl sites for hydroxylation is 1. The molecule has 0 bridgehead atoms. The van der Waals surface area contributed by atoms with Gasteiger partial charge in [-0.05, 0) is 58.7 Å². The molecule has 8 heteroatoms. The molecule has 0 aliphatic heterocycles. The monoisotopic (exact) mass is 553 g/mol. The summed E-state index contributed by atoms with van der Waals surface area (Å²) in [5, 5.41) is 1.04. The van der Waals surface area contributed by atoms with Crippen molar-refractivity contribution in [2.24, 2.45) is 0 Å². The number of hydrogen-bond acceptors (Lipinski definition) is 7. The molecule has 0 atom stereocenters. The molecular formula is C27H24BrNO5S. The summed E-state index contributed by atoms with van der Waals surface area (Å²) < 4.78 is 18.1. The van der Waals surface area contributed by atoms with E-state index >= 15 is 0 Å². The van der Waals surface area contributed by atoms with Gasteiger partial charge in [0.15, 0.2) is 23.1 Å². The third kappa shape index (κ3) is 4.94. The zero-order valence-corrected chi connectivity index (χ0v) is 22.2. The minimum atomic E-state index is -0.213. The third-order valence-electron chi connectivity index (χ3n) is 5.75. The van der Waals surface area contributed by atoms with Crippen LogP contribution < -0.4 is 14.2 Å². The Labute approximate surface area is 216 Å². The molecule has 4 aromatic rings. The van der Waals surface area contributed by atoms with Gasteiger partial charge >= 0.3 is 0 Å². The first kappa shape index (κ1) is 24.9. The Morgan fingerprint density at radius 1 is 0.886 bits per heavy atom. The van der Waals surface area contributed by atoms with Crippen molar-refractivity contribution in [3.8, 4) is 28.5 Å². The van der Waals surface area contributed by atoms with Gasteiger partial charge in [0.25, 0.3) is 0 Å². The van der Waals surface area contributed by atoms with Gasteiger partial charge in [0.05, 0.1) is 25.1 Å². The van der Waals surface area contributed by atoms with E-state index in [2.05, 4.69) is 33.9 Å². The van der Waals surface area contributed by atoms with Crippen LogP contribution in [0.3, 0.4) is 0 Å². The van der Waals surface area contributed by atoms with Gasteiger partial charge in [-0.3, -0.25) is 9.59 Å². The number of carbonyl (C=O) groups excluding carboxylic acids is 2. The van der Waals surface area contributed by atoms with E-state index in [0.29, 0.717) is 34.2 Å². The summed E-state index contributed by atoms with van der Waals surface area (Å²) >= 11 is 5.30. The standard InChI is InChI=1S/C27H24BrNO5S/c1-15-6-5-7-17-24(27(28)35-26(15)17)25-22(33-3)13-9-18(29-25)20(31)11-10-19(30)16-8-12-21(32-2)23(14-16)34-4/h5-9,12-14H,10-11H2,1-4H3. The maximum atomic E-state index is 13.0. The quantitative estimate of drug-likeness (QED) is 0.210. The summed E-state index contributed by atoms with van der Waals surface area (Å²) in [4.78, 5) is 30.4. The van der Waals surface area contributed by atoms with Crippen LogP contribution in [0, 0.1) is 6.92 Å². The fourth-order valence-corrected chi connectivity index (χ4v) is 5.79. The average molecular weight is 554 g/mol. The summed E-state index contributed by atoms with van der Waals surface area (Å²) in [5.41, 5.74) is 3.40. The number of aromatic nitrogens is 1. The number of methoxy groups -OCH3 is 3. The van der Waals surface area contributed by atoms with Crippen LogP contribution in [-0.2, 0) is 0 Å². The second-order valence-electron chi connectivity index (χ2n) is 7.87. The summed E-state index contributed by atoms with van der Waals surface area (Å²) in [7, 11) is 4.63. The fourth-order valence-electron chi connectivity index (χ4n) is 3.91. The molecule has 180 valence electrons. The van der Waals surface area contributed by atoms with Crippen molar-refractivity contribution in [1.82, 2.24) is 4.98 Å². The lowest BCUT2D eigenvalue weighted by atomic mass is 10.0. The highest BCUT2D eigenvalue weighted by atomic mass is 79.9. The molecule has 4 rings (SSSR count). The second kappa shape index (κ2) is 10.6. The SMILES string of the molecule is COc1ccc(C(=O)CCC(=O)c2ccc(OC)c(-c3c(Br)sc4c(C)cccc34)n2)cc1OC. The van der Waals surface area contributed by atoms with Gasteiger partial charge in [-0.1, -0.05) is 18.2 Å². The maximum Gasteiger partial charge on any atom is 0.181 e. The minimum absolute atomic E-state index is 0.0383. The molecule has 0 amide bonds. The number of pyridine rings is 1. The molecule has 0 saturated heterocycles. The lowest BCUT2D eigenvalue weighted by molar-refractivity contribution is 0.0915. The molecule has 0 aliphatic rings. The molecule has 0 radical (unpaired) electrons. The first-order valence-corrected chi connectivity index (χ1v) is 12.5. The van der Waals surface area contributed by atoms with Crippen LogP contribution in [0.25, 0.3) is 21.3 Å². The van der Waals surface area contributed by atoms with Crippen LogP contribution in [0.5, 0.6) is 17.2 Å². The molecule has 0 aliphatic carbocycles. The largest absolute Gasteiger partial charge is 0.494 e. The number of ketones is 2. The summed E-state index contributed by atoms with van der Waals surface area (Å²) in [6.07, 6.45) is 0.0955. The highest BCUT2D eigenvalue weighted by Gasteiger charge is 2.21. The number of thiophene rings is 1. The van der Waals surface area contributed by atoms with E-state index in [4.69, 9.17) is 14.2 Å². The molecule has 35 heavy (non-hydrogen) atoms. The van der Waals surface area contributed by atoms with E-state index in [1.165, 1.54) is 19.8 Å². The highest BCUT2D eigenvalue weighted by molar-refractivity contribution is 9.11. The first-order chi connectivity index (χ1) is 16.9. The number of halogens is 1. The number of ether oxygens (including phenoxy) is 3. The summed E-state index contributed by atoms with van der Waals surface area (Å²) in [5.74, 6) is 1.21. The molecule has 6 nitrogen and oxygen atoms in total. The Morgan fingerprint density at radius 2 is 1.57 bits per heavy atom. The van der Waals surface area contributed by atoms with Crippen molar-refractivity contribution in [2.75, 3.05) is 21.3 Å². The van der Waals surface area contributed by atoms with Crippen molar-refractivity contribution < 1.29 is 23.8 Å². The third-order valence-corrected chi connectivity index (χ3v) is 7.77. The number of carbonyl (C=O) groups is 2. The van der Waals surface area contributed by atoms with Gasteiger partial charge in [0.2, 0.25) is 0 Å². The fraction of sp³-hybridized carbons (Fsp3) is 0.222. The van der Waals surface area contributed by atoms with Crippen LogP contribution in [0.4, 0.5) is 0 Å². The van der Waals surface area contributed by atoms with Crippen LogP contribution in [0.1, 0.15) is 39.3 Å². The van der Waals surface area contributed by atoms with Crippen LogP contribution in [0.2, 0.25) is 0 Å². The normalized spacial score (nSPS) is 10.9. The van der Waals surface area contributed by atoms with Crippen molar-refractivity contribution in [3.05, 3.63) is 69.1 Å². The topological polar surface area (TPSA) is 74.7 Å². The van der Waals surface area contributed by atoms with E-state index in [1.54, 1.807) is 48.8 Å². The zero-order chi connectivity index (χ0) is 25.1. The lowest BCUT2D eigenvalue weighted by Gasteiger charge is -2.11. The van der Waals surface area contributed by atoms with Gasteiger partial charge in [-0.25, -0.2) is 4.98 Å². The molecule has 2 aromatic heterocycles. The summed E-state index contributed by atoms with van der Waals surface area (Å²) in [6, 6.07) is 14.5. The number of hydrogen-bond donors (Lipinski definition) is 0. The van der Waals surface area contributed by atoms with Crippen molar-refractivity contribution in [1.29, 1.82) is 0 Å². The Bertz CT molecular complexity index is 1430. The van der Waals surface area contributed by atoms with Gasteiger partial charge in [-0.15, -0.1) is 11.3 Å². The molecule has 2 aromatic carbocycles. The van der Waals surface area contributed by atoms with Crippen molar-refractivity contribution in [2.45, 2.75) is 19.8 Å². The Hall–Kier alpha value is -3.23. The number of nitrogens with zero attached hydrogens (tertiary/aromatic N) is 1. The Balaban J connectivity index is 1.60. The molecule has 2 heterocycles. The van der Waals surface area contributed by atoms with E-state index in [9.17, 15) is 9.59 Å². The van der Waals surface area contributed by atoms with Gasteiger partial charge < -0.3 is 14.2 Å². The van der Waals surface area contributed by atoms with Gasteiger partial charge in [0, 0.05) is 34.1 Å². The molecule has 0 N–H and O–H groups in total. The van der Waals surface area contributed by atoms with Crippen molar-refractivity contribution in [3.63, 3.8) is 0 Å². The number of Topliss-reactive ketones (excluding diaryl/α,β-unsaturated/α-hetero) is 2. The van der Waals surface area contributed by atoms with Crippen LogP contribution >= 0.6 is 27.3 Å². The first-order valence-electron chi connectivity index (χ1n) is 10.9. The van der Waals surface area contributed by atoms with E-state index < -0.39 is 0 Å². The molecular weight excluding hydrogens is 530 g/mol. The van der Waals surface area contributed by atoms with Gasteiger partial charge in [-0.2, -0.15) is 0 Å². The average Bonchev–Trinajstić information content (AvgIpc) is 3.23. The Kier molecular flexibility index (Phi) is 7.52. The summed E-state index contributed by atoms with van der Waals surface area (Å²) in [6.45, 7) is 2.06. The lowest BCUT2D eigenvalue weighted by Crippen LogP contribution is -2.08. The predicted octanol–water partition coefficient (Wildman–Crippen LogP) is 6.91. The highest BCUT2D eigenvalue weighted by Crippen LogP contribution is 2.45. The Morgan fingerprint density at radius 3 is 2.29 bits per heavy atom. The number of rotatable bonds is 9. The minimum Gasteiger partial charge on any atom is -0.494 e. The smallest absolute Gasteiger partial charge is 0.181 e. The van der Waals surface area contributed by atoms with Gasteiger partial charge in [0.1, 0.15) is 17.1 Å². The van der Waals surface area contributed by atoms with Crippen LogP contribution in [-0.4, -0.2) is 37.9 Å². The molecule has 0 saturated carbocycles. The van der Waals surface area contributed by atoms with Crippen LogP contribution in [0.15, 0.2) is 52.3 Å². The molecule has 0 spiro atoms. The molecule has 0 unspecified atom stereocenters. The van der Waals surface area contributed by atoms with E-state index in [-0.39, 0.29) is 24.4 Å².